The molecule has 0 amide bonds. The number of thiophene rings is 1. The Morgan fingerprint density at radius 1 is 1.30 bits per heavy atom. The average Bonchev–Trinajstić information content (AvgIpc) is 3.05. The summed E-state index contributed by atoms with van der Waals surface area (Å²) in [7, 11) is 0. The number of hydrogen-bond donors (Lipinski definition) is 1. The lowest BCUT2D eigenvalue weighted by Crippen LogP contribution is -2.16. The summed E-state index contributed by atoms with van der Waals surface area (Å²) < 4.78 is 7.09. The number of fused-ring (bicyclic) bond motifs is 3. The predicted octanol–water partition coefficient (Wildman–Crippen LogP) is 4.59. The van der Waals surface area contributed by atoms with E-state index in [9.17, 15) is 0 Å². The molecule has 0 saturated carbocycles. The fourth-order valence-electron chi connectivity index (χ4n) is 2.33. The highest BCUT2D eigenvalue weighted by atomic mass is 79.9. The van der Waals surface area contributed by atoms with Crippen LogP contribution in [0.1, 0.15) is 11.8 Å². The first-order chi connectivity index (χ1) is 11.2. The molecule has 1 aliphatic rings. The molecule has 5 nitrogen and oxygen atoms in total. The van der Waals surface area contributed by atoms with E-state index in [-0.39, 0.29) is 6.23 Å². The van der Waals surface area contributed by atoms with Gasteiger partial charge in [-0.15, -0.1) is 10.2 Å². The highest BCUT2D eigenvalue weighted by Gasteiger charge is 2.26. The quantitative estimate of drug-likeness (QED) is 0.628. The van der Waals surface area contributed by atoms with Crippen LogP contribution >= 0.6 is 39.0 Å². The standard InChI is InChI=1S/C15H11BrN4OS2/c1-22-15-18-14-12(19-20-15)10-6-9(16)2-3-11(10)17-13(21-14)8-4-5-23-7-8/h2-7,13,17H,1H3/t13-/m0/s1. The molecule has 0 spiro atoms. The van der Waals surface area contributed by atoms with Gasteiger partial charge < -0.3 is 10.1 Å². The van der Waals surface area contributed by atoms with Gasteiger partial charge in [-0.3, -0.25) is 0 Å². The molecule has 0 aliphatic carbocycles. The molecule has 0 unspecified atom stereocenters. The molecule has 0 radical (unpaired) electrons. The Morgan fingerprint density at radius 3 is 3.00 bits per heavy atom. The van der Waals surface area contributed by atoms with Crippen LogP contribution in [0.4, 0.5) is 5.69 Å². The van der Waals surface area contributed by atoms with E-state index in [2.05, 4.69) is 41.8 Å². The van der Waals surface area contributed by atoms with E-state index in [1.54, 1.807) is 11.3 Å². The second-order valence-electron chi connectivity index (χ2n) is 4.84. The number of benzene rings is 1. The topological polar surface area (TPSA) is 59.9 Å². The smallest absolute Gasteiger partial charge is 0.247 e. The minimum absolute atomic E-state index is 0.311. The normalized spacial score (nSPS) is 15.8. The third-order valence-electron chi connectivity index (χ3n) is 3.42. The SMILES string of the molecule is CSc1nnc2c(n1)O[C@@H](c1ccsc1)Nc1ccc(Br)cc1-2. The van der Waals surface area contributed by atoms with Crippen molar-refractivity contribution in [1.82, 2.24) is 15.2 Å². The van der Waals surface area contributed by atoms with Gasteiger partial charge in [0.2, 0.25) is 11.0 Å². The minimum Gasteiger partial charge on any atom is -0.448 e. The molecule has 1 atom stereocenters. The van der Waals surface area contributed by atoms with Gasteiger partial charge in [0.1, 0.15) is 0 Å². The maximum absolute atomic E-state index is 6.12. The predicted molar refractivity (Wildman–Crippen MR) is 96.1 cm³/mol. The Morgan fingerprint density at radius 2 is 2.22 bits per heavy atom. The first kappa shape index (κ1) is 14.9. The lowest BCUT2D eigenvalue weighted by atomic mass is 10.1. The number of aromatic nitrogens is 3. The van der Waals surface area contributed by atoms with Crippen molar-refractivity contribution in [3.8, 4) is 17.1 Å². The van der Waals surface area contributed by atoms with Gasteiger partial charge in [0, 0.05) is 21.3 Å². The van der Waals surface area contributed by atoms with Crippen LogP contribution < -0.4 is 10.1 Å². The number of halogens is 1. The number of nitrogens with one attached hydrogen (secondary N) is 1. The largest absolute Gasteiger partial charge is 0.448 e. The average molecular weight is 407 g/mol. The van der Waals surface area contributed by atoms with Crippen LogP contribution in [-0.4, -0.2) is 21.4 Å². The zero-order valence-electron chi connectivity index (χ0n) is 12.0. The number of ether oxygens (including phenoxy) is 1. The second-order valence-corrected chi connectivity index (χ2v) is 7.31. The van der Waals surface area contributed by atoms with Gasteiger partial charge in [0.25, 0.3) is 0 Å². The molecule has 116 valence electrons. The molecule has 1 aromatic carbocycles. The number of hydrogen-bond acceptors (Lipinski definition) is 7. The van der Waals surface area contributed by atoms with Gasteiger partial charge in [-0.2, -0.15) is 16.3 Å². The van der Waals surface area contributed by atoms with Crippen LogP contribution in [-0.2, 0) is 0 Å². The number of thioether (sulfide) groups is 1. The van der Waals surface area contributed by atoms with Crippen molar-refractivity contribution in [3.63, 3.8) is 0 Å². The molecule has 0 fully saturated rings. The van der Waals surface area contributed by atoms with Crippen molar-refractivity contribution in [1.29, 1.82) is 0 Å². The maximum atomic E-state index is 6.12. The molecule has 0 saturated heterocycles. The zero-order chi connectivity index (χ0) is 15.8. The molecule has 8 heteroatoms. The Hall–Kier alpha value is -1.64. The van der Waals surface area contributed by atoms with Crippen LogP contribution in [0.15, 0.2) is 44.7 Å². The van der Waals surface area contributed by atoms with Crippen LogP contribution in [0.5, 0.6) is 5.88 Å². The summed E-state index contributed by atoms with van der Waals surface area (Å²) in [5.74, 6) is 0.491. The molecule has 4 rings (SSSR count). The van der Waals surface area contributed by atoms with Crippen LogP contribution in [0.3, 0.4) is 0 Å². The van der Waals surface area contributed by atoms with Gasteiger partial charge >= 0.3 is 0 Å². The molecular weight excluding hydrogens is 396 g/mol. The summed E-state index contributed by atoms with van der Waals surface area (Å²) in [6.07, 6.45) is 1.60. The van der Waals surface area contributed by atoms with Crippen molar-refractivity contribution in [2.45, 2.75) is 11.4 Å². The van der Waals surface area contributed by atoms with Gasteiger partial charge in [-0.1, -0.05) is 27.7 Å². The molecule has 3 aromatic rings. The maximum Gasteiger partial charge on any atom is 0.247 e. The summed E-state index contributed by atoms with van der Waals surface area (Å²) in [5.41, 5.74) is 3.56. The van der Waals surface area contributed by atoms with E-state index in [4.69, 9.17) is 4.74 Å². The van der Waals surface area contributed by atoms with Crippen LogP contribution in [0.2, 0.25) is 0 Å². The Kier molecular flexibility index (Phi) is 3.96. The fraction of sp³-hybridized carbons (Fsp3) is 0.133. The van der Waals surface area contributed by atoms with Gasteiger partial charge in [-0.05, 0) is 41.3 Å². The molecule has 23 heavy (non-hydrogen) atoms. The second kappa shape index (κ2) is 6.10. The number of nitrogens with zero attached hydrogens (tertiary/aromatic N) is 3. The zero-order valence-corrected chi connectivity index (χ0v) is 15.2. The van der Waals surface area contributed by atoms with Crippen molar-refractivity contribution in [2.24, 2.45) is 0 Å². The van der Waals surface area contributed by atoms with E-state index in [0.717, 1.165) is 21.3 Å². The summed E-state index contributed by atoms with van der Waals surface area (Å²) in [5, 5.41) is 16.6. The third kappa shape index (κ3) is 2.82. The fourth-order valence-corrected chi connectivity index (χ4v) is 3.66. The molecule has 2 aromatic heterocycles. The van der Waals surface area contributed by atoms with Crippen LogP contribution in [0, 0.1) is 0 Å². The summed E-state index contributed by atoms with van der Waals surface area (Å²) in [4.78, 5) is 4.50. The molecular formula is C15H11BrN4OS2. The number of rotatable bonds is 2. The highest BCUT2D eigenvalue weighted by molar-refractivity contribution is 9.10. The lowest BCUT2D eigenvalue weighted by molar-refractivity contribution is 0.226. The van der Waals surface area contributed by atoms with E-state index in [1.807, 2.05) is 35.9 Å². The minimum atomic E-state index is -0.311. The first-order valence-corrected chi connectivity index (χ1v) is 9.74. The number of anilines is 1. The molecule has 1 N–H and O–H groups in total. The van der Waals surface area contributed by atoms with Crippen molar-refractivity contribution in [2.75, 3.05) is 11.6 Å². The molecule has 0 bridgehead atoms. The Labute approximate surface area is 149 Å². The highest BCUT2D eigenvalue weighted by Crippen LogP contribution is 2.40. The first-order valence-electron chi connectivity index (χ1n) is 6.78. The Bertz CT molecular complexity index is 857. The van der Waals surface area contributed by atoms with E-state index in [0.29, 0.717) is 16.7 Å². The summed E-state index contributed by atoms with van der Waals surface area (Å²) in [6, 6.07) is 8.02. The van der Waals surface area contributed by atoms with Crippen LogP contribution in [0.25, 0.3) is 11.3 Å². The summed E-state index contributed by atoms with van der Waals surface area (Å²) >= 11 is 6.58. The molecule has 3 heterocycles. The Balaban J connectivity index is 1.90. The monoisotopic (exact) mass is 406 g/mol. The molecule has 1 aliphatic heterocycles. The van der Waals surface area contributed by atoms with Gasteiger partial charge in [-0.25, -0.2) is 0 Å². The van der Waals surface area contributed by atoms with Crippen molar-refractivity contribution < 1.29 is 4.74 Å². The van der Waals surface area contributed by atoms with E-state index in [1.165, 1.54) is 11.8 Å². The van der Waals surface area contributed by atoms with E-state index >= 15 is 0 Å². The van der Waals surface area contributed by atoms with Crippen molar-refractivity contribution >= 4 is 44.7 Å². The van der Waals surface area contributed by atoms with Gasteiger partial charge in [0.05, 0.1) is 0 Å². The third-order valence-corrected chi connectivity index (χ3v) is 5.15. The van der Waals surface area contributed by atoms with Gasteiger partial charge in [0.15, 0.2) is 11.9 Å². The lowest BCUT2D eigenvalue weighted by Gasteiger charge is -2.17. The van der Waals surface area contributed by atoms with Crippen molar-refractivity contribution in [3.05, 3.63) is 45.1 Å². The summed E-state index contributed by atoms with van der Waals surface area (Å²) in [6.45, 7) is 0. The van der Waals surface area contributed by atoms with E-state index < -0.39 is 0 Å².